The smallest absolute Gasteiger partial charge is 0.306 e. The highest BCUT2D eigenvalue weighted by Gasteiger charge is 2.20. The van der Waals surface area contributed by atoms with Crippen LogP contribution in [0.4, 0.5) is 0 Å². The Kier molecular flexibility index (Phi) is 6.08. The molecule has 0 fully saturated rings. The zero-order valence-corrected chi connectivity index (χ0v) is 14.0. The van der Waals surface area contributed by atoms with Crippen LogP contribution in [0.2, 0.25) is 0 Å². The summed E-state index contributed by atoms with van der Waals surface area (Å²) in [7, 11) is 3.17. The molecule has 0 unspecified atom stereocenters. The number of pyridine rings is 1. The monoisotopic (exact) mass is 319 g/mol. The van der Waals surface area contributed by atoms with Gasteiger partial charge in [0, 0.05) is 26.2 Å². The van der Waals surface area contributed by atoms with Gasteiger partial charge >= 0.3 is 5.97 Å². The van der Waals surface area contributed by atoms with Crippen LogP contribution in [-0.4, -0.2) is 42.0 Å². The molecule has 0 aliphatic rings. The Hall–Kier alpha value is -2.62. The van der Waals surface area contributed by atoms with Gasteiger partial charge in [-0.15, -0.1) is 0 Å². The third-order valence-electron chi connectivity index (χ3n) is 3.60. The third-order valence-corrected chi connectivity index (χ3v) is 3.60. The normalized spacial score (nSPS) is 11.5. The molecule has 7 heteroatoms. The molecule has 0 aliphatic heterocycles. The largest absolute Gasteiger partial charge is 0.453 e. The molecule has 1 aromatic heterocycles. The number of nitrogens with one attached hydrogen (secondary N) is 1. The van der Waals surface area contributed by atoms with Crippen molar-refractivity contribution in [2.24, 2.45) is 0 Å². The summed E-state index contributed by atoms with van der Waals surface area (Å²) in [6.45, 7) is 4.92. The SMILES string of the molecule is Cc1[nH]c(=O)c(C#N)c(C)c1CCC(=O)O[C@@H](C)C(=O)N(C)C. The second-order valence-corrected chi connectivity index (χ2v) is 5.53. The van der Waals surface area contributed by atoms with Crippen molar-refractivity contribution in [3.05, 3.63) is 32.7 Å². The number of amides is 1. The highest BCUT2D eigenvalue weighted by molar-refractivity contribution is 5.83. The summed E-state index contributed by atoms with van der Waals surface area (Å²) >= 11 is 0. The predicted octanol–water partition coefficient (Wildman–Crippen LogP) is 0.816. The van der Waals surface area contributed by atoms with Gasteiger partial charge in [-0.3, -0.25) is 14.4 Å². The number of nitriles is 1. The van der Waals surface area contributed by atoms with Gasteiger partial charge in [0.05, 0.1) is 0 Å². The van der Waals surface area contributed by atoms with Crippen molar-refractivity contribution >= 4 is 11.9 Å². The average Bonchev–Trinajstić information content (AvgIpc) is 2.45. The first-order chi connectivity index (χ1) is 10.7. The van der Waals surface area contributed by atoms with Crippen molar-refractivity contribution in [1.82, 2.24) is 9.88 Å². The number of ether oxygens (including phenoxy) is 1. The number of carbonyl (C=O) groups excluding carboxylic acids is 2. The fourth-order valence-corrected chi connectivity index (χ4v) is 2.32. The van der Waals surface area contributed by atoms with E-state index in [1.165, 1.54) is 11.8 Å². The van der Waals surface area contributed by atoms with Crippen LogP contribution >= 0.6 is 0 Å². The zero-order valence-electron chi connectivity index (χ0n) is 14.0. The van der Waals surface area contributed by atoms with E-state index < -0.39 is 17.6 Å². The summed E-state index contributed by atoms with van der Waals surface area (Å²) < 4.78 is 5.09. The lowest BCUT2D eigenvalue weighted by atomic mass is 9.99. The van der Waals surface area contributed by atoms with Gasteiger partial charge in [0.15, 0.2) is 6.10 Å². The minimum atomic E-state index is -0.843. The Balaban J connectivity index is 2.80. The number of nitrogens with zero attached hydrogens (tertiary/aromatic N) is 2. The molecule has 124 valence electrons. The lowest BCUT2D eigenvalue weighted by Gasteiger charge is -2.17. The second kappa shape index (κ2) is 7.58. The van der Waals surface area contributed by atoms with Crippen molar-refractivity contribution < 1.29 is 14.3 Å². The average molecular weight is 319 g/mol. The molecule has 23 heavy (non-hydrogen) atoms. The van der Waals surface area contributed by atoms with Gasteiger partial charge in [-0.2, -0.15) is 5.26 Å². The zero-order chi connectivity index (χ0) is 17.7. The van der Waals surface area contributed by atoms with Gasteiger partial charge < -0.3 is 14.6 Å². The van der Waals surface area contributed by atoms with Gasteiger partial charge in [-0.1, -0.05) is 0 Å². The van der Waals surface area contributed by atoms with Gasteiger partial charge in [0.2, 0.25) is 0 Å². The first-order valence-corrected chi connectivity index (χ1v) is 7.22. The Labute approximate surface area is 134 Å². The van der Waals surface area contributed by atoms with Crippen LogP contribution in [0.3, 0.4) is 0 Å². The quantitative estimate of drug-likeness (QED) is 0.809. The summed E-state index contributed by atoms with van der Waals surface area (Å²) in [5.41, 5.74) is 1.55. The Bertz CT molecular complexity index is 713. The van der Waals surface area contributed by atoms with E-state index in [2.05, 4.69) is 4.98 Å². The molecule has 0 spiro atoms. The fraction of sp³-hybridized carbons (Fsp3) is 0.500. The molecule has 0 aliphatic carbocycles. The van der Waals surface area contributed by atoms with E-state index in [1.807, 2.05) is 6.07 Å². The van der Waals surface area contributed by atoms with E-state index in [0.717, 1.165) is 5.56 Å². The molecule has 0 saturated heterocycles. The van der Waals surface area contributed by atoms with E-state index in [-0.39, 0.29) is 17.9 Å². The molecule has 1 amide bonds. The molecule has 0 radical (unpaired) electrons. The Morgan fingerprint density at radius 2 is 1.96 bits per heavy atom. The number of aromatic nitrogens is 1. The van der Waals surface area contributed by atoms with Crippen molar-refractivity contribution in [2.75, 3.05) is 14.1 Å². The summed E-state index contributed by atoms with van der Waals surface area (Å²) in [6, 6.07) is 1.87. The second-order valence-electron chi connectivity index (χ2n) is 5.53. The molecular formula is C16H21N3O4. The number of hydrogen-bond donors (Lipinski definition) is 1. The number of hydrogen-bond acceptors (Lipinski definition) is 5. The lowest BCUT2D eigenvalue weighted by molar-refractivity contribution is -0.157. The summed E-state index contributed by atoms with van der Waals surface area (Å²) in [6.07, 6.45) is -0.459. The number of likely N-dealkylation sites (N-methyl/N-ethyl adjacent to an activating group) is 1. The van der Waals surface area contributed by atoms with Crippen molar-refractivity contribution in [3.8, 4) is 6.07 Å². The molecule has 1 heterocycles. The van der Waals surface area contributed by atoms with Crippen LogP contribution in [0.1, 0.15) is 35.7 Å². The summed E-state index contributed by atoms with van der Waals surface area (Å²) in [5.74, 6) is -0.794. The van der Waals surface area contributed by atoms with Gasteiger partial charge in [0.25, 0.3) is 11.5 Å². The van der Waals surface area contributed by atoms with Crippen molar-refractivity contribution in [1.29, 1.82) is 5.26 Å². The van der Waals surface area contributed by atoms with Crippen LogP contribution in [0.25, 0.3) is 0 Å². The maximum atomic E-state index is 11.9. The molecule has 0 bridgehead atoms. The molecule has 0 saturated carbocycles. The first kappa shape index (κ1) is 18.4. The number of aromatic amines is 1. The summed E-state index contributed by atoms with van der Waals surface area (Å²) in [4.78, 5) is 39.1. The van der Waals surface area contributed by atoms with E-state index >= 15 is 0 Å². The predicted molar refractivity (Wildman–Crippen MR) is 83.8 cm³/mol. The molecular weight excluding hydrogens is 298 g/mol. The fourth-order valence-electron chi connectivity index (χ4n) is 2.32. The van der Waals surface area contributed by atoms with Crippen molar-refractivity contribution in [2.45, 2.75) is 39.7 Å². The number of H-pyrrole nitrogens is 1. The molecule has 7 nitrogen and oxygen atoms in total. The highest BCUT2D eigenvalue weighted by atomic mass is 16.5. The maximum Gasteiger partial charge on any atom is 0.306 e. The molecule has 0 aromatic carbocycles. The minimum absolute atomic E-state index is 0.0510. The van der Waals surface area contributed by atoms with E-state index in [9.17, 15) is 14.4 Å². The number of aryl methyl sites for hydroxylation is 1. The number of carbonyl (C=O) groups is 2. The number of rotatable bonds is 5. The van der Waals surface area contributed by atoms with E-state index in [4.69, 9.17) is 10.00 Å². The summed E-state index contributed by atoms with van der Waals surface area (Å²) in [5, 5.41) is 9.02. The first-order valence-electron chi connectivity index (χ1n) is 7.22. The van der Waals surface area contributed by atoms with Crippen LogP contribution in [-0.2, 0) is 20.7 Å². The van der Waals surface area contributed by atoms with Gasteiger partial charge in [-0.25, -0.2) is 0 Å². The van der Waals surface area contributed by atoms with Crippen LogP contribution in [0.15, 0.2) is 4.79 Å². The molecule has 1 aromatic rings. The van der Waals surface area contributed by atoms with Crippen LogP contribution in [0.5, 0.6) is 0 Å². The Morgan fingerprint density at radius 3 is 2.48 bits per heavy atom. The molecule has 1 rings (SSSR count). The molecule has 1 atom stereocenters. The van der Waals surface area contributed by atoms with Crippen LogP contribution in [0, 0.1) is 25.2 Å². The van der Waals surface area contributed by atoms with Crippen LogP contribution < -0.4 is 5.56 Å². The third kappa shape index (κ3) is 4.42. The minimum Gasteiger partial charge on any atom is -0.453 e. The topological polar surface area (TPSA) is 103 Å². The lowest BCUT2D eigenvalue weighted by Crippen LogP contribution is -2.35. The standard InChI is InChI=1S/C16H21N3O4/c1-9-12(10(2)18-15(21)13(9)8-17)6-7-14(20)23-11(3)16(22)19(4)5/h11H,6-7H2,1-5H3,(H,18,21)/t11-/m0/s1. The van der Waals surface area contributed by atoms with E-state index in [1.54, 1.807) is 27.9 Å². The van der Waals surface area contributed by atoms with Crippen molar-refractivity contribution in [3.63, 3.8) is 0 Å². The highest BCUT2D eigenvalue weighted by Crippen LogP contribution is 2.15. The maximum absolute atomic E-state index is 11.9. The van der Waals surface area contributed by atoms with Gasteiger partial charge in [0.1, 0.15) is 11.6 Å². The number of esters is 1. The van der Waals surface area contributed by atoms with Gasteiger partial charge in [-0.05, 0) is 38.3 Å². The van der Waals surface area contributed by atoms with E-state index in [0.29, 0.717) is 17.7 Å². The Morgan fingerprint density at radius 1 is 1.35 bits per heavy atom. The molecule has 1 N–H and O–H groups in total.